The molecule has 2 aromatic rings. The van der Waals surface area contributed by atoms with E-state index in [2.05, 4.69) is 20.2 Å². The zero-order chi connectivity index (χ0) is 8.39. The van der Waals surface area contributed by atoms with E-state index in [0.29, 0.717) is 5.01 Å². The van der Waals surface area contributed by atoms with Gasteiger partial charge in [0.1, 0.15) is 6.33 Å². The minimum Gasteiger partial charge on any atom is -0.255 e. The molecule has 0 amide bonds. The van der Waals surface area contributed by atoms with E-state index in [1.165, 1.54) is 6.33 Å². The van der Waals surface area contributed by atoms with Crippen molar-refractivity contribution in [1.82, 2.24) is 20.2 Å². The molecule has 0 aliphatic heterocycles. The van der Waals surface area contributed by atoms with Crippen molar-refractivity contribution in [3.05, 3.63) is 28.4 Å². The summed E-state index contributed by atoms with van der Waals surface area (Å²) >= 11 is 1.04. The van der Waals surface area contributed by atoms with Crippen molar-refractivity contribution in [2.24, 2.45) is 0 Å². The van der Waals surface area contributed by atoms with Crippen molar-refractivity contribution in [3.8, 4) is 10.6 Å². The van der Waals surface area contributed by atoms with E-state index in [4.69, 9.17) is 0 Å². The second-order valence-electron chi connectivity index (χ2n) is 2.05. The van der Waals surface area contributed by atoms with Crippen molar-refractivity contribution in [3.63, 3.8) is 0 Å². The third kappa shape index (κ3) is 1.24. The lowest BCUT2D eigenvalue weighted by Crippen LogP contribution is -1.90. The predicted molar refractivity (Wildman–Crippen MR) is 43.8 cm³/mol. The molecule has 0 radical (unpaired) electrons. The average Bonchev–Trinajstić information content (AvgIpc) is 2.54. The van der Waals surface area contributed by atoms with Gasteiger partial charge in [-0.15, -0.1) is 0 Å². The number of hydrogen-bond donors (Lipinski definition) is 1. The summed E-state index contributed by atoms with van der Waals surface area (Å²) in [6.45, 7) is 0. The van der Waals surface area contributed by atoms with Crippen molar-refractivity contribution >= 4 is 11.3 Å². The lowest BCUT2D eigenvalue weighted by molar-refractivity contribution is 1.06. The van der Waals surface area contributed by atoms with Crippen LogP contribution in [0.5, 0.6) is 0 Å². The molecular weight excluding hydrogens is 176 g/mol. The van der Waals surface area contributed by atoms with Gasteiger partial charge in [-0.2, -0.15) is 5.10 Å². The highest BCUT2D eigenvalue weighted by atomic mass is 32.1. The monoisotopic (exact) mass is 180 g/mol. The lowest BCUT2D eigenvalue weighted by Gasteiger charge is -1.89. The van der Waals surface area contributed by atoms with Gasteiger partial charge in [-0.05, 0) is 0 Å². The van der Waals surface area contributed by atoms with Crippen molar-refractivity contribution in [2.75, 3.05) is 0 Å². The van der Waals surface area contributed by atoms with E-state index < -0.39 is 0 Å². The van der Waals surface area contributed by atoms with E-state index >= 15 is 0 Å². The second kappa shape index (κ2) is 2.82. The highest BCUT2D eigenvalue weighted by Crippen LogP contribution is 2.14. The minimum atomic E-state index is -0.172. The van der Waals surface area contributed by atoms with Crippen LogP contribution < -0.4 is 4.87 Å². The first-order chi connectivity index (χ1) is 5.86. The number of rotatable bonds is 1. The summed E-state index contributed by atoms with van der Waals surface area (Å²) in [5.41, 5.74) is 0.751. The SMILES string of the molecule is O=c1[nH]nc(-c2cncnc2)s1. The van der Waals surface area contributed by atoms with Crippen LogP contribution in [-0.4, -0.2) is 20.2 Å². The highest BCUT2D eigenvalue weighted by Gasteiger charge is 2.01. The van der Waals surface area contributed by atoms with E-state index in [1.54, 1.807) is 12.4 Å². The number of aromatic nitrogens is 4. The van der Waals surface area contributed by atoms with Gasteiger partial charge in [-0.3, -0.25) is 4.79 Å². The average molecular weight is 180 g/mol. The van der Waals surface area contributed by atoms with Gasteiger partial charge < -0.3 is 0 Å². The first-order valence-electron chi connectivity index (χ1n) is 3.17. The Balaban J connectivity index is 2.51. The van der Waals surface area contributed by atoms with Gasteiger partial charge in [0.25, 0.3) is 0 Å². The Bertz CT molecular complexity index is 420. The summed E-state index contributed by atoms with van der Waals surface area (Å²) in [6, 6.07) is 0. The lowest BCUT2D eigenvalue weighted by atomic mass is 10.4. The molecule has 0 unspecified atom stereocenters. The molecule has 0 aliphatic carbocycles. The van der Waals surface area contributed by atoms with Crippen molar-refractivity contribution in [1.29, 1.82) is 0 Å². The minimum absolute atomic E-state index is 0.172. The molecule has 0 aromatic carbocycles. The van der Waals surface area contributed by atoms with Crippen LogP contribution in [0.2, 0.25) is 0 Å². The van der Waals surface area contributed by atoms with E-state index in [9.17, 15) is 4.79 Å². The Morgan fingerprint density at radius 2 is 2.08 bits per heavy atom. The van der Waals surface area contributed by atoms with Gasteiger partial charge in [0.15, 0.2) is 5.01 Å². The Kier molecular flexibility index (Phi) is 1.67. The highest BCUT2D eigenvalue weighted by molar-refractivity contribution is 7.12. The fourth-order valence-electron chi connectivity index (χ4n) is 0.763. The fourth-order valence-corrected chi connectivity index (χ4v) is 1.34. The molecule has 0 saturated heterocycles. The zero-order valence-electron chi connectivity index (χ0n) is 5.89. The molecule has 0 saturated carbocycles. The third-order valence-corrected chi connectivity index (χ3v) is 2.04. The molecule has 0 aliphatic rings. The summed E-state index contributed by atoms with van der Waals surface area (Å²) < 4.78 is 0. The topological polar surface area (TPSA) is 71.5 Å². The normalized spacial score (nSPS) is 10.0. The maximum atomic E-state index is 10.7. The standard InChI is InChI=1S/C6H4N4OS/c11-6-10-9-5(12-6)4-1-7-3-8-2-4/h1-3H,(H,10,11). The van der Waals surface area contributed by atoms with E-state index in [1.807, 2.05) is 0 Å². The van der Waals surface area contributed by atoms with Crippen LogP contribution in [0.3, 0.4) is 0 Å². The molecule has 12 heavy (non-hydrogen) atoms. The number of nitrogens with one attached hydrogen (secondary N) is 1. The summed E-state index contributed by atoms with van der Waals surface area (Å²) in [7, 11) is 0. The van der Waals surface area contributed by atoms with Crippen LogP contribution in [0.15, 0.2) is 23.5 Å². The molecule has 1 N–H and O–H groups in total. The number of aromatic amines is 1. The van der Waals surface area contributed by atoms with Gasteiger partial charge in [0, 0.05) is 18.0 Å². The van der Waals surface area contributed by atoms with Crippen LogP contribution in [0.1, 0.15) is 0 Å². The van der Waals surface area contributed by atoms with Gasteiger partial charge in [0.05, 0.1) is 0 Å². The summed E-state index contributed by atoms with van der Waals surface area (Å²) in [4.78, 5) is 18.2. The third-order valence-electron chi connectivity index (χ3n) is 1.25. The van der Waals surface area contributed by atoms with Crippen LogP contribution >= 0.6 is 11.3 Å². The first kappa shape index (κ1) is 7.11. The van der Waals surface area contributed by atoms with Gasteiger partial charge in [-0.1, -0.05) is 11.3 Å². The Morgan fingerprint density at radius 1 is 1.33 bits per heavy atom. The van der Waals surface area contributed by atoms with Crippen LogP contribution in [0.25, 0.3) is 10.6 Å². The van der Waals surface area contributed by atoms with Crippen molar-refractivity contribution in [2.45, 2.75) is 0 Å². The summed E-state index contributed by atoms with van der Waals surface area (Å²) in [5, 5.41) is 6.72. The van der Waals surface area contributed by atoms with E-state index in [0.717, 1.165) is 16.9 Å². The van der Waals surface area contributed by atoms with Crippen LogP contribution in [-0.2, 0) is 0 Å². The maximum Gasteiger partial charge on any atom is 0.322 e. The van der Waals surface area contributed by atoms with Gasteiger partial charge in [-0.25, -0.2) is 15.1 Å². The molecule has 6 heteroatoms. The van der Waals surface area contributed by atoms with Crippen LogP contribution in [0.4, 0.5) is 0 Å². The molecule has 5 nitrogen and oxygen atoms in total. The van der Waals surface area contributed by atoms with Gasteiger partial charge in [0.2, 0.25) is 0 Å². The van der Waals surface area contributed by atoms with Crippen LogP contribution in [0, 0.1) is 0 Å². The second-order valence-corrected chi connectivity index (χ2v) is 3.01. The van der Waals surface area contributed by atoms with Gasteiger partial charge >= 0.3 is 4.87 Å². The first-order valence-corrected chi connectivity index (χ1v) is 3.99. The Hall–Kier alpha value is -1.56. The number of hydrogen-bond acceptors (Lipinski definition) is 5. The quantitative estimate of drug-likeness (QED) is 0.684. The Labute approximate surface area is 71.1 Å². The van der Waals surface area contributed by atoms with E-state index in [-0.39, 0.29) is 4.87 Å². The Morgan fingerprint density at radius 3 is 2.67 bits per heavy atom. The zero-order valence-corrected chi connectivity index (χ0v) is 6.71. The molecule has 0 spiro atoms. The molecule has 0 atom stereocenters. The molecule has 2 aromatic heterocycles. The molecule has 0 bridgehead atoms. The number of H-pyrrole nitrogens is 1. The number of nitrogens with zero attached hydrogens (tertiary/aromatic N) is 3. The molecule has 0 fully saturated rings. The molecule has 60 valence electrons. The fraction of sp³-hybridized carbons (Fsp3) is 0. The summed E-state index contributed by atoms with van der Waals surface area (Å²) in [5.74, 6) is 0. The largest absolute Gasteiger partial charge is 0.322 e. The molecule has 2 heterocycles. The van der Waals surface area contributed by atoms with Crippen molar-refractivity contribution < 1.29 is 0 Å². The summed E-state index contributed by atoms with van der Waals surface area (Å²) in [6.07, 6.45) is 4.65. The molecular formula is C6H4N4OS. The predicted octanol–water partition coefficient (Wildman–Crippen LogP) is 0.288. The smallest absolute Gasteiger partial charge is 0.255 e. The molecule has 2 rings (SSSR count). The maximum absolute atomic E-state index is 10.7.